The molecule has 317 valence electrons. The van der Waals surface area contributed by atoms with Crippen LogP contribution < -0.4 is 66.8 Å². The molecule has 0 aliphatic carbocycles. The van der Waals surface area contributed by atoms with Gasteiger partial charge in [0, 0.05) is 48.8 Å². The van der Waals surface area contributed by atoms with Crippen LogP contribution in [0.1, 0.15) is 27.4 Å². The van der Waals surface area contributed by atoms with Crippen LogP contribution in [0.4, 0.5) is 20.4 Å². The van der Waals surface area contributed by atoms with E-state index in [0.717, 1.165) is 29.4 Å². The molecule has 6 rings (SSSR count). The molecule has 0 spiro atoms. The van der Waals surface area contributed by atoms with E-state index in [1.54, 1.807) is 101 Å². The van der Waals surface area contributed by atoms with E-state index in [0.29, 0.717) is 18.6 Å². The van der Waals surface area contributed by atoms with E-state index >= 15 is 0 Å². The molecule has 19 heteroatoms. The third kappa shape index (κ3) is 13.5. The molecule has 2 aromatic heterocycles. The normalized spacial score (nSPS) is 10.2. The van der Waals surface area contributed by atoms with Gasteiger partial charge in [0.25, 0.3) is 11.1 Å². The Bertz CT molecular complexity index is 2680. The maximum Gasteiger partial charge on any atom is 1.00 e. The average Bonchev–Trinajstić information content (AvgIpc) is 3.18. The van der Waals surface area contributed by atoms with Crippen LogP contribution in [-0.4, -0.2) is 73.3 Å². The summed E-state index contributed by atoms with van der Waals surface area (Å²) in [5, 5.41) is 2.79. The summed E-state index contributed by atoms with van der Waals surface area (Å²) in [5.41, 5.74) is -0.711. The van der Waals surface area contributed by atoms with Crippen molar-refractivity contribution in [3.63, 3.8) is 0 Å². The maximum absolute atomic E-state index is 14.7. The monoisotopic (exact) mass is 1070 g/mol. The summed E-state index contributed by atoms with van der Waals surface area (Å²) in [6.07, 6.45) is 1.45. The molecule has 0 aliphatic rings. The van der Waals surface area contributed by atoms with Crippen LogP contribution in [0.15, 0.2) is 121 Å². The predicted molar refractivity (Wildman–Crippen MR) is 254 cm³/mol. The van der Waals surface area contributed by atoms with Crippen molar-refractivity contribution in [3.05, 3.63) is 169 Å². The zero-order chi connectivity index (χ0) is 41.4. The first-order valence-corrected chi connectivity index (χ1v) is 19.2. The molecule has 0 fully saturated rings. The Hall–Kier alpha value is -4.51. The summed E-state index contributed by atoms with van der Waals surface area (Å²) < 4.78 is 45.2. The number of nitrogens with zero attached hydrogens (tertiary/aromatic N) is 6. The van der Waals surface area contributed by atoms with E-state index < -0.39 is 34.1 Å². The summed E-state index contributed by atoms with van der Waals surface area (Å²) in [5.74, 6) is 0.476. The number of anilines is 1. The number of methoxy groups -OCH3 is 2. The van der Waals surface area contributed by atoms with Crippen LogP contribution in [0.2, 0.25) is 0 Å². The number of rotatable bonds is 11. The standard InChI is InChI=1S/C21H20FIN4O3.C19H17FIN3O3.2CH4.B.Na.H/c1-25(2)13-24-19-11-20(28)26(12-14-4-7-16(30-3)8-5-14)21(29)27(19)18-9-6-15(23)10-17(18)22;1-22-17-10-18(25)23(11-12-3-6-14(27-2)7-4-12)19(26)24(17)16-8-5-13(21)9-15(16)20;;;;;/h4-11,13H,12H2,1-3H3;3-10,22H,11H2,1-2H3;2*1H4;;;/q;;;;;+1;-1. The van der Waals surface area contributed by atoms with Crippen LogP contribution in [-0.2, 0) is 13.1 Å². The van der Waals surface area contributed by atoms with Crippen molar-refractivity contribution in [2.75, 3.05) is 40.7 Å². The van der Waals surface area contributed by atoms with Crippen molar-refractivity contribution in [2.24, 2.45) is 4.99 Å². The summed E-state index contributed by atoms with van der Waals surface area (Å²) in [4.78, 5) is 57.3. The number of aromatic nitrogens is 4. The number of ether oxygens (including phenoxy) is 2. The van der Waals surface area contributed by atoms with Gasteiger partial charge < -0.3 is 21.1 Å². The SMILES string of the molecule is C.C.CNc1cc(=O)n(Cc2ccc(OC)cc2)c(=O)n1-c1ccc(I)cc1F.COc1ccc(Cn2c(=O)cc(N=CN(C)C)n(-c3ccc(I)cc3F)c2=O)cc1.[B].[H-].[Na+]. The molecule has 0 atom stereocenters. The zero-order valence-corrected chi connectivity index (χ0v) is 39.3. The smallest absolute Gasteiger partial charge is 1.00 e. The molecule has 0 saturated heterocycles. The second-order valence-corrected chi connectivity index (χ2v) is 15.0. The number of benzene rings is 4. The summed E-state index contributed by atoms with van der Waals surface area (Å²) in [6, 6.07) is 25.6. The van der Waals surface area contributed by atoms with Crippen LogP contribution in [0, 0.1) is 18.8 Å². The molecular formula is C42H46BF2I2N7NaO6. The molecule has 2 heterocycles. The first-order chi connectivity index (χ1) is 27.2. The van der Waals surface area contributed by atoms with Gasteiger partial charge >= 0.3 is 40.9 Å². The largest absolute Gasteiger partial charge is 1.00 e. The van der Waals surface area contributed by atoms with Crippen LogP contribution in [0.3, 0.4) is 0 Å². The Morgan fingerprint density at radius 1 is 0.689 bits per heavy atom. The first kappa shape index (κ1) is 54.5. The summed E-state index contributed by atoms with van der Waals surface area (Å²) in [6.45, 7) is 0.100. The molecule has 61 heavy (non-hydrogen) atoms. The van der Waals surface area contributed by atoms with Gasteiger partial charge in [-0.15, -0.1) is 0 Å². The minimum absolute atomic E-state index is 0. The van der Waals surface area contributed by atoms with Gasteiger partial charge in [-0.2, -0.15) is 0 Å². The fourth-order valence-electron chi connectivity index (χ4n) is 5.50. The number of halogens is 4. The van der Waals surface area contributed by atoms with Crippen molar-refractivity contribution >= 4 is 71.6 Å². The van der Waals surface area contributed by atoms with Gasteiger partial charge in [-0.1, -0.05) is 39.1 Å². The third-order valence-corrected chi connectivity index (χ3v) is 9.68. The fraction of sp³-hybridized carbons (Fsp3) is 0.214. The Balaban J connectivity index is 0.00000112. The Kier molecular flexibility index (Phi) is 22.2. The van der Waals surface area contributed by atoms with E-state index in [1.807, 2.05) is 45.2 Å². The number of nitrogens with one attached hydrogen (secondary N) is 1. The summed E-state index contributed by atoms with van der Waals surface area (Å²) >= 11 is 3.98. The van der Waals surface area contributed by atoms with Crippen molar-refractivity contribution < 1.29 is 49.2 Å². The molecule has 0 amide bonds. The van der Waals surface area contributed by atoms with Gasteiger partial charge in [-0.05, 0) is 117 Å². The van der Waals surface area contributed by atoms with Gasteiger partial charge in [-0.3, -0.25) is 18.7 Å². The quantitative estimate of drug-likeness (QED) is 0.0896. The Morgan fingerprint density at radius 3 is 1.49 bits per heavy atom. The Labute approximate surface area is 405 Å². The van der Waals surface area contributed by atoms with Gasteiger partial charge in [0.05, 0.1) is 45.0 Å². The summed E-state index contributed by atoms with van der Waals surface area (Å²) in [7, 11) is 8.19. The third-order valence-electron chi connectivity index (χ3n) is 8.34. The number of hydrogen-bond donors (Lipinski definition) is 1. The predicted octanol–water partition coefficient (Wildman–Crippen LogP) is 3.87. The number of hydrogen-bond acceptors (Lipinski definition) is 8. The Morgan fingerprint density at radius 2 is 1.10 bits per heavy atom. The molecule has 1 N–H and O–H groups in total. The molecule has 0 bridgehead atoms. The minimum atomic E-state index is -0.677. The molecule has 13 nitrogen and oxygen atoms in total. The number of aliphatic imine (C=N–C) groups is 1. The van der Waals surface area contributed by atoms with E-state index in [-0.39, 0.29) is 90.4 Å². The fourth-order valence-corrected chi connectivity index (χ4v) is 6.41. The molecule has 6 aromatic rings. The van der Waals surface area contributed by atoms with E-state index in [1.165, 1.54) is 42.7 Å². The van der Waals surface area contributed by atoms with E-state index in [9.17, 15) is 28.0 Å². The minimum Gasteiger partial charge on any atom is -1.00 e. The van der Waals surface area contributed by atoms with Gasteiger partial charge in [0.2, 0.25) is 0 Å². The van der Waals surface area contributed by atoms with Gasteiger partial charge in [-0.25, -0.2) is 32.5 Å². The molecule has 0 saturated carbocycles. The van der Waals surface area contributed by atoms with E-state index in [2.05, 4.69) is 10.3 Å². The molecule has 0 unspecified atom stereocenters. The van der Waals surface area contributed by atoms with Crippen molar-refractivity contribution in [3.8, 4) is 22.9 Å². The zero-order valence-electron chi connectivity index (χ0n) is 34.0. The van der Waals surface area contributed by atoms with Crippen LogP contribution in [0.25, 0.3) is 11.4 Å². The maximum atomic E-state index is 14.7. The molecule has 4 aromatic carbocycles. The van der Waals surface area contributed by atoms with Crippen LogP contribution in [0.5, 0.6) is 11.5 Å². The second kappa shape index (κ2) is 24.8. The topological polar surface area (TPSA) is 134 Å². The van der Waals surface area contributed by atoms with Crippen LogP contribution >= 0.6 is 45.2 Å². The molecule has 3 radical (unpaired) electrons. The second-order valence-electron chi connectivity index (χ2n) is 12.5. The first-order valence-electron chi connectivity index (χ1n) is 17.0. The van der Waals surface area contributed by atoms with Crippen molar-refractivity contribution in [2.45, 2.75) is 27.9 Å². The van der Waals surface area contributed by atoms with Gasteiger partial charge in [0.15, 0.2) is 0 Å². The van der Waals surface area contributed by atoms with Crippen molar-refractivity contribution in [1.29, 1.82) is 0 Å². The van der Waals surface area contributed by atoms with Gasteiger partial charge in [0.1, 0.15) is 34.8 Å². The molecule has 0 aliphatic heterocycles. The average molecular weight is 1070 g/mol. The van der Waals surface area contributed by atoms with E-state index in [4.69, 9.17) is 9.47 Å². The van der Waals surface area contributed by atoms with Crippen molar-refractivity contribution in [1.82, 2.24) is 23.2 Å². The molecular weight excluding hydrogens is 1020 g/mol.